The monoisotopic (exact) mass is 417 g/mol. The van der Waals surface area contributed by atoms with Gasteiger partial charge in [0.2, 0.25) is 10.0 Å². The van der Waals surface area contributed by atoms with E-state index in [0.29, 0.717) is 0 Å². The Kier molecular flexibility index (Phi) is 6.93. The van der Waals surface area contributed by atoms with Crippen molar-refractivity contribution < 1.29 is 27.5 Å². The molecule has 0 saturated heterocycles. The molecule has 152 valence electrons. The summed E-state index contributed by atoms with van der Waals surface area (Å²) in [6, 6.07) is 12.1. The Bertz CT molecular complexity index is 1080. The number of hydrogen-bond acceptors (Lipinski definition) is 7. The fourth-order valence-electron chi connectivity index (χ4n) is 2.33. The number of nitrogens with one attached hydrogen (secondary N) is 2. The van der Waals surface area contributed by atoms with Crippen molar-refractivity contribution in [1.29, 1.82) is 5.26 Å². The summed E-state index contributed by atoms with van der Waals surface area (Å²) in [4.78, 5) is 24.4. The highest BCUT2D eigenvalue weighted by Crippen LogP contribution is 2.25. The van der Waals surface area contributed by atoms with Crippen LogP contribution in [0.4, 0.5) is 5.69 Å². The van der Waals surface area contributed by atoms with Crippen LogP contribution < -0.4 is 14.8 Å². The van der Waals surface area contributed by atoms with Gasteiger partial charge in [-0.05, 0) is 44.3 Å². The Morgan fingerprint density at radius 2 is 1.86 bits per heavy atom. The van der Waals surface area contributed by atoms with Gasteiger partial charge >= 0.3 is 5.97 Å². The molecule has 0 aliphatic carbocycles. The number of sulfonamides is 1. The summed E-state index contributed by atoms with van der Waals surface area (Å²) < 4.78 is 36.5. The molecule has 0 radical (unpaired) electrons. The summed E-state index contributed by atoms with van der Waals surface area (Å²) in [6.07, 6.45) is -1.19. The van der Waals surface area contributed by atoms with Crippen LogP contribution >= 0.6 is 0 Å². The number of nitriles is 1. The summed E-state index contributed by atoms with van der Waals surface area (Å²) >= 11 is 0. The Balaban J connectivity index is 2.18. The number of anilines is 1. The van der Waals surface area contributed by atoms with Crippen molar-refractivity contribution in [1.82, 2.24) is 4.72 Å². The number of ether oxygens (including phenoxy) is 2. The fraction of sp³-hybridized carbons (Fsp3) is 0.211. The number of rotatable bonds is 7. The number of nitrogens with zero attached hydrogens (tertiary/aromatic N) is 1. The molecule has 2 N–H and O–H groups in total. The van der Waals surface area contributed by atoms with Gasteiger partial charge in [0.15, 0.2) is 6.10 Å². The highest BCUT2D eigenvalue weighted by atomic mass is 32.2. The van der Waals surface area contributed by atoms with Crippen LogP contribution in [-0.2, 0) is 19.6 Å². The summed E-state index contributed by atoms with van der Waals surface area (Å²) in [5.41, 5.74) is 0.475. The summed E-state index contributed by atoms with van der Waals surface area (Å²) in [5.74, 6) is -1.48. The molecule has 1 atom stereocenters. The second-order valence-corrected chi connectivity index (χ2v) is 7.62. The van der Waals surface area contributed by atoms with Crippen LogP contribution in [-0.4, -0.2) is 40.6 Å². The molecular formula is C19H19N3O6S. The number of amides is 1. The van der Waals surface area contributed by atoms with Crippen molar-refractivity contribution in [3.63, 3.8) is 0 Å². The lowest BCUT2D eigenvalue weighted by atomic mass is 10.2. The van der Waals surface area contributed by atoms with Crippen molar-refractivity contribution in [2.24, 2.45) is 0 Å². The number of carbonyl (C=O) groups excluding carboxylic acids is 2. The quantitative estimate of drug-likeness (QED) is 0.654. The van der Waals surface area contributed by atoms with Crippen molar-refractivity contribution in [3.8, 4) is 11.8 Å². The maximum atomic E-state index is 12.4. The lowest BCUT2D eigenvalue weighted by molar-refractivity contribution is -0.123. The highest BCUT2D eigenvalue weighted by molar-refractivity contribution is 7.89. The van der Waals surface area contributed by atoms with Crippen molar-refractivity contribution in [3.05, 3.63) is 53.6 Å². The Morgan fingerprint density at radius 3 is 2.48 bits per heavy atom. The van der Waals surface area contributed by atoms with Crippen molar-refractivity contribution in [2.75, 3.05) is 19.5 Å². The van der Waals surface area contributed by atoms with Crippen LogP contribution in [0, 0.1) is 11.3 Å². The number of esters is 1. The molecule has 2 aromatic rings. The number of benzene rings is 2. The van der Waals surface area contributed by atoms with E-state index in [1.807, 2.05) is 6.07 Å². The second kappa shape index (κ2) is 9.18. The predicted molar refractivity (Wildman–Crippen MR) is 104 cm³/mol. The zero-order valence-electron chi connectivity index (χ0n) is 15.9. The SMILES string of the molecule is CNS(=O)(=O)c1cc(C(=O)O[C@H](C)C(=O)Nc2ccccc2C#N)ccc1OC. The van der Waals surface area contributed by atoms with Crippen LogP contribution in [0.3, 0.4) is 0 Å². The van der Waals surface area contributed by atoms with E-state index in [1.54, 1.807) is 18.2 Å². The summed E-state index contributed by atoms with van der Waals surface area (Å²) in [7, 11) is -1.36. The van der Waals surface area contributed by atoms with Gasteiger partial charge in [-0.1, -0.05) is 12.1 Å². The normalized spacial score (nSPS) is 11.8. The van der Waals surface area contributed by atoms with E-state index in [1.165, 1.54) is 39.3 Å². The van der Waals surface area contributed by atoms with Gasteiger partial charge in [0.1, 0.15) is 16.7 Å². The molecule has 0 aliphatic rings. The van der Waals surface area contributed by atoms with Gasteiger partial charge in [-0.3, -0.25) is 4.79 Å². The van der Waals surface area contributed by atoms with E-state index in [0.717, 1.165) is 6.07 Å². The number of hydrogen-bond donors (Lipinski definition) is 2. The maximum absolute atomic E-state index is 12.4. The van der Waals surface area contributed by atoms with Gasteiger partial charge in [-0.15, -0.1) is 0 Å². The molecule has 10 heteroatoms. The molecule has 0 fully saturated rings. The number of carbonyl (C=O) groups is 2. The predicted octanol–water partition coefficient (Wildman–Crippen LogP) is 1.66. The lowest BCUT2D eigenvalue weighted by Gasteiger charge is -2.15. The third kappa shape index (κ3) is 5.10. The van der Waals surface area contributed by atoms with Crippen molar-refractivity contribution in [2.45, 2.75) is 17.9 Å². The average Bonchev–Trinajstić information content (AvgIpc) is 2.73. The van der Waals surface area contributed by atoms with Crippen LogP contribution in [0.1, 0.15) is 22.8 Å². The maximum Gasteiger partial charge on any atom is 0.338 e. The van der Waals surface area contributed by atoms with Gasteiger partial charge in [-0.25, -0.2) is 17.9 Å². The smallest absolute Gasteiger partial charge is 0.338 e. The summed E-state index contributed by atoms with van der Waals surface area (Å²) in [6.45, 7) is 1.36. The zero-order valence-corrected chi connectivity index (χ0v) is 16.7. The largest absolute Gasteiger partial charge is 0.495 e. The van der Waals surface area contributed by atoms with Crippen molar-refractivity contribution >= 4 is 27.6 Å². The van der Waals surface area contributed by atoms with E-state index < -0.39 is 28.0 Å². The molecule has 0 unspecified atom stereocenters. The minimum atomic E-state index is -3.88. The first kappa shape index (κ1) is 21.9. The highest BCUT2D eigenvalue weighted by Gasteiger charge is 2.23. The Hall–Kier alpha value is -3.42. The molecule has 0 aromatic heterocycles. The third-order valence-electron chi connectivity index (χ3n) is 3.92. The Morgan fingerprint density at radius 1 is 1.17 bits per heavy atom. The second-order valence-electron chi connectivity index (χ2n) is 5.77. The van der Waals surface area contributed by atoms with Crippen LogP contribution in [0.15, 0.2) is 47.4 Å². The van der Waals surface area contributed by atoms with E-state index in [2.05, 4.69) is 10.0 Å². The topological polar surface area (TPSA) is 135 Å². The molecule has 29 heavy (non-hydrogen) atoms. The molecule has 0 saturated carbocycles. The molecule has 9 nitrogen and oxygen atoms in total. The summed E-state index contributed by atoms with van der Waals surface area (Å²) in [5, 5.41) is 11.6. The molecule has 2 aromatic carbocycles. The number of para-hydroxylation sites is 1. The molecule has 0 spiro atoms. The Labute approximate surface area is 168 Å². The number of methoxy groups -OCH3 is 1. The molecule has 0 bridgehead atoms. The molecule has 1 amide bonds. The first-order valence-electron chi connectivity index (χ1n) is 8.36. The van der Waals surface area contributed by atoms with Gasteiger partial charge in [-0.2, -0.15) is 5.26 Å². The van der Waals surface area contributed by atoms with E-state index >= 15 is 0 Å². The standard InChI is InChI=1S/C19H19N3O6S/c1-12(18(23)22-15-7-5-4-6-14(15)11-20)28-19(24)13-8-9-16(27-3)17(10-13)29(25,26)21-2/h4-10,12,21H,1-3H3,(H,22,23)/t12-/m1/s1. The molecule has 0 aliphatic heterocycles. The lowest BCUT2D eigenvalue weighted by Crippen LogP contribution is -2.30. The van der Waals surface area contributed by atoms with E-state index in [9.17, 15) is 18.0 Å². The average molecular weight is 417 g/mol. The molecule has 2 rings (SSSR count). The molecule has 0 heterocycles. The minimum Gasteiger partial charge on any atom is -0.495 e. The minimum absolute atomic E-state index is 0.0507. The van der Waals surface area contributed by atoms with Crippen LogP contribution in [0.25, 0.3) is 0 Å². The fourth-order valence-corrected chi connectivity index (χ4v) is 3.25. The first-order valence-corrected chi connectivity index (χ1v) is 9.84. The van der Waals surface area contributed by atoms with Gasteiger partial charge in [0.05, 0.1) is 23.9 Å². The van der Waals surface area contributed by atoms with E-state index in [-0.39, 0.29) is 27.5 Å². The van der Waals surface area contributed by atoms with Gasteiger partial charge in [0, 0.05) is 0 Å². The van der Waals surface area contributed by atoms with E-state index in [4.69, 9.17) is 14.7 Å². The van der Waals surface area contributed by atoms with Gasteiger partial charge < -0.3 is 14.8 Å². The van der Waals surface area contributed by atoms with Crippen LogP contribution in [0.5, 0.6) is 5.75 Å². The zero-order chi connectivity index (χ0) is 21.6. The van der Waals surface area contributed by atoms with Gasteiger partial charge in [0.25, 0.3) is 5.91 Å². The molecular weight excluding hydrogens is 398 g/mol. The van der Waals surface area contributed by atoms with Crippen LogP contribution in [0.2, 0.25) is 0 Å². The first-order chi connectivity index (χ1) is 13.7. The third-order valence-corrected chi connectivity index (χ3v) is 5.35.